The summed E-state index contributed by atoms with van der Waals surface area (Å²) in [5.74, 6) is -0.0796. The number of hydrogen-bond donors (Lipinski definition) is 1. The summed E-state index contributed by atoms with van der Waals surface area (Å²) in [6.07, 6.45) is 0. The summed E-state index contributed by atoms with van der Waals surface area (Å²) >= 11 is 8.40. The van der Waals surface area contributed by atoms with E-state index in [0.717, 1.165) is 13.8 Å². The van der Waals surface area contributed by atoms with Crippen molar-refractivity contribution in [2.75, 3.05) is 0 Å². The highest BCUT2D eigenvalue weighted by Crippen LogP contribution is 2.23. The third kappa shape index (κ3) is 3.22. The van der Waals surface area contributed by atoms with Crippen molar-refractivity contribution in [3.8, 4) is 0 Å². The van der Waals surface area contributed by atoms with Crippen molar-refractivity contribution in [3.05, 3.63) is 55.1 Å². The molecule has 2 rings (SSSR count). The SMILES string of the molecule is CC(NC(=O)c1cc(Br)ccc1Br)c1cccs1. The Morgan fingerprint density at radius 1 is 1.33 bits per heavy atom. The molecule has 2 nitrogen and oxygen atoms in total. The third-order valence-corrected chi connectivity index (χ3v) is 4.73. The third-order valence-electron chi connectivity index (χ3n) is 2.49. The second kappa shape index (κ2) is 5.99. The van der Waals surface area contributed by atoms with Gasteiger partial charge in [0.1, 0.15) is 0 Å². The van der Waals surface area contributed by atoms with E-state index in [1.165, 1.54) is 0 Å². The lowest BCUT2D eigenvalue weighted by atomic mass is 10.2. The lowest BCUT2D eigenvalue weighted by Crippen LogP contribution is -2.26. The normalized spacial score (nSPS) is 12.2. The van der Waals surface area contributed by atoms with Gasteiger partial charge in [-0.2, -0.15) is 0 Å². The molecule has 1 N–H and O–H groups in total. The van der Waals surface area contributed by atoms with Crippen LogP contribution in [0.3, 0.4) is 0 Å². The van der Waals surface area contributed by atoms with Crippen LogP contribution in [0.1, 0.15) is 28.2 Å². The van der Waals surface area contributed by atoms with E-state index in [2.05, 4.69) is 37.2 Å². The molecule has 1 unspecified atom stereocenters. The minimum absolute atomic E-state index is 0.0170. The van der Waals surface area contributed by atoms with Gasteiger partial charge in [0.15, 0.2) is 0 Å². The first-order chi connectivity index (χ1) is 8.58. The zero-order valence-electron chi connectivity index (χ0n) is 9.61. The van der Waals surface area contributed by atoms with Crippen molar-refractivity contribution >= 4 is 49.1 Å². The topological polar surface area (TPSA) is 29.1 Å². The van der Waals surface area contributed by atoms with Gasteiger partial charge in [-0.1, -0.05) is 22.0 Å². The number of amides is 1. The average Bonchev–Trinajstić information content (AvgIpc) is 2.85. The second-order valence-corrected chi connectivity index (χ2v) is 6.58. The maximum atomic E-state index is 12.2. The molecule has 0 aliphatic rings. The molecule has 1 atom stereocenters. The predicted molar refractivity (Wildman–Crippen MR) is 82.0 cm³/mol. The van der Waals surface area contributed by atoms with Crippen LogP contribution in [-0.4, -0.2) is 5.91 Å². The molecule has 0 aliphatic carbocycles. The van der Waals surface area contributed by atoms with Gasteiger partial charge in [0, 0.05) is 13.8 Å². The van der Waals surface area contributed by atoms with Crippen molar-refractivity contribution in [3.63, 3.8) is 0 Å². The summed E-state index contributed by atoms with van der Waals surface area (Å²) in [4.78, 5) is 13.3. The van der Waals surface area contributed by atoms with E-state index >= 15 is 0 Å². The molecule has 94 valence electrons. The molecule has 1 amide bonds. The summed E-state index contributed by atoms with van der Waals surface area (Å²) in [5, 5.41) is 4.99. The standard InChI is InChI=1S/C13H11Br2NOS/c1-8(12-3-2-6-18-12)16-13(17)10-7-9(14)4-5-11(10)15/h2-8H,1H3,(H,16,17). The maximum absolute atomic E-state index is 12.2. The summed E-state index contributed by atoms with van der Waals surface area (Å²) in [7, 11) is 0. The Balaban J connectivity index is 2.15. The molecule has 0 saturated heterocycles. The Morgan fingerprint density at radius 2 is 2.11 bits per heavy atom. The predicted octanol–water partition coefficient (Wildman–Crippen LogP) is 4.76. The number of carbonyl (C=O) groups is 1. The number of benzene rings is 1. The zero-order valence-corrected chi connectivity index (χ0v) is 13.6. The molecule has 0 fully saturated rings. The van der Waals surface area contributed by atoms with Gasteiger partial charge in [-0.15, -0.1) is 11.3 Å². The molecule has 5 heteroatoms. The Morgan fingerprint density at radius 3 is 2.78 bits per heavy atom. The van der Waals surface area contributed by atoms with Crippen LogP contribution in [0.5, 0.6) is 0 Å². The molecular formula is C13H11Br2NOS. The summed E-state index contributed by atoms with van der Waals surface area (Å²) in [6, 6.07) is 9.57. The van der Waals surface area contributed by atoms with Crippen molar-refractivity contribution in [1.29, 1.82) is 0 Å². The van der Waals surface area contributed by atoms with Crippen molar-refractivity contribution in [2.45, 2.75) is 13.0 Å². The van der Waals surface area contributed by atoms with Gasteiger partial charge < -0.3 is 5.32 Å². The minimum atomic E-state index is -0.0796. The lowest BCUT2D eigenvalue weighted by Gasteiger charge is -2.13. The number of rotatable bonds is 3. The summed E-state index contributed by atoms with van der Waals surface area (Å²) in [6.45, 7) is 1.98. The highest BCUT2D eigenvalue weighted by atomic mass is 79.9. The van der Waals surface area contributed by atoms with E-state index in [1.807, 2.05) is 36.6 Å². The first kappa shape index (κ1) is 13.8. The number of thiophene rings is 1. The maximum Gasteiger partial charge on any atom is 0.252 e. The molecule has 18 heavy (non-hydrogen) atoms. The van der Waals surface area contributed by atoms with Crippen LogP contribution in [-0.2, 0) is 0 Å². The van der Waals surface area contributed by atoms with Gasteiger partial charge in [0.05, 0.1) is 11.6 Å². The highest BCUT2D eigenvalue weighted by Gasteiger charge is 2.14. The summed E-state index contributed by atoms with van der Waals surface area (Å²) < 4.78 is 1.68. The van der Waals surface area contributed by atoms with Crippen LogP contribution in [0.4, 0.5) is 0 Å². The molecule has 2 aromatic rings. The Bertz CT molecular complexity index is 554. The van der Waals surface area contributed by atoms with E-state index < -0.39 is 0 Å². The fourth-order valence-corrected chi connectivity index (χ4v) is 3.08. The molecule has 0 spiro atoms. The first-order valence-electron chi connectivity index (χ1n) is 5.37. The molecule has 0 aliphatic heterocycles. The molecule has 1 aromatic carbocycles. The number of hydrogen-bond acceptors (Lipinski definition) is 2. The second-order valence-electron chi connectivity index (χ2n) is 3.83. The fraction of sp³-hybridized carbons (Fsp3) is 0.154. The van der Waals surface area contributed by atoms with Crippen LogP contribution in [0.2, 0.25) is 0 Å². The van der Waals surface area contributed by atoms with Crippen LogP contribution in [0, 0.1) is 0 Å². The lowest BCUT2D eigenvalue weighted by molar-refractivity contribution is 0.0939. The van der Waals surface area contributed by atoms with E-state index in [0.29, 0.717) is 5.56 Å². The number of halogens is 2. The van der Waals surface area contributed by atoms with Crippen LogP contribution in [0.25, 0.3) is 0 Å². The quantitative estimate of drug-likeness (QED) is 0.806. The summed E-state index contributed by atoms with van der Waals surface area (Å²) in [5.41, 5.74) is 0.632. The molecular weight excluding hydrogens is 378 g/mol. The van der Waals surface area contributed by atoms with Gasteiger partial charge in [0.25, 0.3) is 5.91 Å². The Hall–Kier alpha value is -0.650. The minimum Gasteiger partial charge on any atom is -0.345 e. The van der Waals surface area contributed by atoms with E-state index in [9.17, 15) is 4.79 Å². The average molecular weight is 389 g/mol. The van der Waals surface area contributed by atoms with E-state index in [1.54, 1.807) is 17.4 Å². The van der Waals surface area contributed by atoms with E-state index in [4.69, 9.17) is 0 Å². The first-order valence-corrected chi connectivity index (χ1v) is 7.84. The van der Waals surface area contributed by atoms with Gasteiger partial charge in [-0.05, 0) is 52.5 Å². The fourth-order valence-electron chi connectivity index (χ4n) is 1.55. The van der Waals surface area contributed by atoms with Crippen LogP contribution >= 0.6 is 43.2 Å². The number of nitrogens with one attached hydrogen (secondary N) is 1. The Kier molecular flexibility index (Phi) is 4.59. The highest BCUT2D eigenvalue weighted by molar-refractivity contribution is 9.11. The number of carbonyl (C=O) groups excluding carboxylic acids is 1. The largest absolute Gasteiger partial charge is 0.345 e. The Labute approximate surface area is 127 Å². The van der Waals surface area contributed by atoms with Crippen LogP contribution < -0.4 is 5.32 Å². The van der Waals surface area contributed by atoms with Crippen LogP contribution in [0.15, 0.2) is 44.7 Å². The molecule has 1 heterocycles. The monoisotopic (exact) mass is 387 g/mol. The van der Waals surface area contributed by atoms with Gasteiger partial charge in [0.2, 0.25) is 0 Å². The molecule has 1 aromatic heterocycles. The van der Waals surface area contributed by atoms with Crippen molar-refractivity contribution in [2.24, 2.45) is 0 Å². The van der Waals surface area contributed by atoms with Crippen molar-refractivity contribution in [1.82, 2.24) is 5.32 Å². The van der Waals surface area contributed by atoms with E-state index in [-0.39, 0.29) is 11.9 Å². The van der Waals surface area contributed by atoms with Gasteiger partial charge in [-0.3, -0.25) is 4.79 Å². The van der Waals surface area contributed by atoms with Gasteiger partial charge >= 0.3 is 0 Å². The van der Waals surface area contributed by atoms with Crippen molar-refractivity contribution < 1.29 is 4.79 Å². The smallest absolute Gasteiger partial charge is 0.252 e. The van der Waals surface area contributed by atoms with Gasteiger partial charge in [-0.25, -0.2) is 0 Å². The molecule has 0 bridgehead atoms. The molecule has 0 saturated carbocycles. The molecule has 0 radical (unpaired) electrons. The zero-order chi connectivity index (χ0) is 13.1.